The molecule has 3 aliphatic rings. The molecule has 2 saturated carbocycles. The lowest BCUT2D eigenvalue weighted by Gasteiger charge is -2.42. The second kappa shape index (κ2) is 4.25. The first kappa shape index (κ1) is 14.1. The summed E-state index contributed by atoms with van der Waals surface area (Å²) in [6, 6.07) is 7.20. The first-order valence-corrected chi connectivity index (χ1v) is 7.67. The van der Waals surface area contributed by atoms with Crippen LogP contribution in [0.15, 0.2) is 18.2 Å². The number of nitrogens with one attached hydrogen (secondary N) is 1. The molecule has 4 unspecified atom stereocenters. The third kappa shape index (κ3) is 1.30. The zero-order valence-corrected chi connectivity index (χ0v) is 12.6. The summed E-state index contributed by atoms with van der Waals surface area (Å²) in [5.41, 5.74) is -1.85. The van der Waals surface area contributed by atoms with Crippen molar-refractivity contribution in [2.75, 3.05) is 12.4 Å². The fraction of sp³-hybridized carbons (Fsp3) is 0.471. The van der Waals surface area contributed by atoms with Crippen molar-refractivity contribution in [1.82, 2.24) is 0 Å². The van der Waals surface area contributed by atoms with Gasteiger partial charge in [0.05, 0.1) is 13.2 Å². The number of hydrogen-bond acceptors (Lipinski definition) is 4. The second-order valence-electron chi connectivity index (χ2n) is 6.61. The van der Waals surface area contributed by atoms with E-state index in [1.807, 2.05) is 6.07 Å². The third-order valence-corrected chi connectivity index (χ3v) is 6.05. The number of carboxylic acids is 1. The zero-order valence-electron chi connectivity index (χ0n) is 12.6. The summed E-state index contributed by atoms with van der Waals surface area (Å²) in [6.07, 6.45) is 2.05. The maximum Gasteiger partial charge on any atom is 0.325 e. The molecule has 6 heteroatoms. The van der Waals surface area contributed by atoms with E-state index in [-0.39, 0.29) is 17.7 Å². The molecule has 0 saturated heterocycles. The Bertz CT molecular complexity index is 783. The van der Waals surface area contributed by atoms with Gasteiger partial charge in [0.1, 0.15) is 11.2 Å². The van der Waals surface area contributed by atoms with E-state index in [2.05, 4.69) is 5.32 Å². The first-order chi connectivity index (χ1) is 11.0. The Kier molecular flexibility index (Phi) is 2.60. The highest BCUT2D eigenvalue weighted by atomic mass is 16.5. The van der Waals surface area contributed by atoms with Gasteiger partial charge in [-0.25, -0.2) is 0 Å². The van der Waals surface area contributed by atoms with Gasteiger partial charge < -0.3 is 15.2 Å². The molecule has 6 nitrogen and oxygen atoms in total. The molecule has 2 fully saturated rings. The van der Waals surface area contributed by atoms with E-state index < -0.39 is 16.8 Å². The molecular formula is C17H16N2O4. The van der Waals surface area contributed by atoms with Crippen molar-refractivity contribution >= 4 is 17.6 Å². The largest absolute Gasteiger partial charge is 0.497 e. The van der Waals surface area contributed by atoms with Crippen molar-refractivity contribution in [3.05, 3.63) is 23.8 Å². The molecule has 4 rings (SSSR count). The zero-order chi connectivity index (χ0) is 16.4. The van der Waals surface area contributed by atoms with Gasteiger partial charge in [0.15, 0.2) is 5.41 Å². The van der Waals surface area contributed by atoms with Gasteiger partial charge in [-0.3, -0.25) is 9.59 Å². The van der Waals surface area contributed by atoms with Crippen LogP contribution < -0.4 is 10.1 Å². The Morgan fingerprint density at radius 2 is 2.17 bits per heavy atom. The minimum Gasteiger partial charge on any atom is -0.497 e. The number of aliphatic carboxylic acids is 1. The number of methoxy groups -OCH3 is 1. The highest BCUT2D eigenvalue weighted by molar-refractivity contribution is 6.11. The maximum absolute atomic E-state index is 13.0. The predicted octanol–water partition coefficient (Wildman–Crippen LogP) is 1.91. The van der Waals surface area contributed by atoms with Crippen LogP contribution in [-0.2, 0) is 15.0 Å². The van der Waals surface area contributed by atoms with Crippen molar-refractivity contribution in [1.29, 1.82) is 5.26 Å². The highest BCUT2D eigenvalue weighted by Gasteiger charge is 2.77. The quantitative estimate of drug-likeness (QED) is 0.869. The maximum atomic E-state index is 13.0. The van der Waals surface area contributed by atoms with E-state index in [0.717, 1.165) is 6.42 Å². The summed E-state index contributed by atoms with van der Waals surface area (Å²) in [5.74, 6) is -1.43. The monoisotopic (exact) mass is 312 g/mol. The van der Waals surface area contributed by atoms with Crippen LogP contribution in [0.3, 0.4) is 0 Å². The lowest BCUT2D eigenvalue weighted by atomic mass is 9.54. The minimum absolute atomic E-state index is 0.128. The molecule has 4 atom stereocenters. The molecule has 1 amide bonds. The Hall–Kier alpha value is -2.55. The standard InChI is InChI=1S/C17H16N2O4/c1-23-11-4-5-13-12(7-11)17(14(20)19-13)10-3-2-9(6-10)16(17,8-18)15(21)22/h4-5,7,9-10H,2-3,6H2,1H3,(H,19,20)(H,21,22). The number of hydrogen-bond donors (Lipinski definition) is 2. The Balaban J connectivity index is 2.06. The number of anilines is 1. The van der Waals surface area contributed by atoms with E-state index in [1.54, 1.807) is 18.2 Å². The second-order valence-corrected chi connectivity index (χ2v) is 6.61. The number of nitriles is 1. The van der Waals surface area contributed by atoms with Crippen LogP contribution in [0.1, 0.15) is 24.8 Å². The number of carboxylic acid groups (broad SMARTS) is 1. The predicted molar refractivity (Wildman–Crippen MR) is 79.8 cm³/mol. The average Bonchev–Trinajstić information content (AvgIpc) is 3.20. The van der Waals surface area contributed by atoms with E-state index >= 15 is 0 Å². The van der Waals surface area contributed by atoms with Crippen molar-refractivity contribution < 1.29 is 19.4 Å². The first-order valence-electron chi connectivity index (χ1n) is 7.67. The van der Waals surface area contributed by atoms with Gasteiger partial charge in [0.25, 0.3) is 0 Å². The summed E-state index contributed by atoms with van der Waals surface area (Å²) in [7, 11) is 1.52. The number of carbonyl (C=O) groups excluding carboxylic acids is 1. The number of ether oxygens (including phenoxy) is 1. The van der Waals surface area contributed by atoms with Crippen molar-refractivity contribution in [2.45, 2.75) is 24.7 Å². The van der Waals surface area contributed by atoms with Gasteiger partial charge in [0.2, 0.25) is 5.91 Å². The Labute approximate surface area is 133 Å². The van der Waals surface area contributed by atoms with Crippen molar-refractivity contribution in [3.8, 4) is 11.8 Å². The van der Waals surface area contributed by atoms with Crippen molar-refractivity contribution in [2.24, 2.45) is 17.3 Å². The Morgan fingerprint density at radius 1 is 1.43 bits per heavy atom. The molecule has 2 bridgehead atoms. The van der Waals surface area contributed by atoms with Gasteiger partial charge in [-0.1, -0.05) is 0 Å². The number of benzene rings is 1. The number of carbonyl (C=O) groups is 2. The van der Waals surface area contributed by atoms with Crippen LogP contribution in [0.25, 0.3) is 0 Å². The fourth-order valence-corrected chi connectivity index (χ4v) is 5.21. The number of fused-ring (bicyclic) bond motifs is 5. The molecule has 2 N–H and O–H groups in total. The molecule has 0 radical (unpaired) electrons. The molecule has 23 heavy (non-hydrogen) atoms. The highest BCUT2D eigenvalue weighted by Crippen LogP contribution is 2.69. The normalized spacial score (nSPS) is 36.6. The SMILES string of the molecule is COc1ccc2c(c1)C1(C(=O)N2)C2CCC(C2)C1(C#N)C(=O)O. The van der Waals surface area contributed by atoms with Gasteiger partial charge >= 0.3 is 5.97 Å². The minimum atomic E-state index is -1.71. The number of rotatable bonds is 2. The molecule has 118 valence electrons. The molecule has 1 spiro atoms. The smallest absolute Gasteiger partial charge is 0.325 e. The summed E-state index contributed by atoms with van der Waals surface area (Å²) >= 11 is 0. The number of amides is 1. The van der Waals surface area contributed by atoms with Crippen LogP contribution in [0.5, 0.6) is 5.75 Å². The molecule has 1 aromatic rings. The lowest BCUT2D eigenvalue weighted by molar-refractivity contribution is -0.156. The molecule has 0 aromatic heterocycles. The molecule has 2 aliphatic carbocycles. The molecule has 1 heterocycles. The Morgan fingerprint density at radius 3 is 2.83 bits per heavy atom. The summed E-state index contributed by atoms with van der Waals surface area (Å²) < 4.78 is 5.25. The third-order valence-electron chi connectivity index (χ3n) is 6.05. The average molecular weight is 312 g/mol. The van der Waals surface area contributed by atoms with Gasteiger partial charge in [0, 0.05) is 5.69 Å². The molecule has 1 aromatic carbocycles. The van der Waals surface area contributed by atoms with Crippen LogP contribution in [0, 0.1) is 28.6 Å². The van der Waals surface area contributed by atoms with Crippen LogP contribution in [-0.4, -0.2) is 24.1 Å². The molecule has 1 aliphatic heterocycles. The summed E-state index contributed by atoms with van der Waals surface area (Å²) in [6.45, 7) is 0. The van der Waals surface area contributed by atoms with Gasteiger partial charge in [-0.2, -0.15) is 5.26 Å². The summed E-state index contributed by atoms with van der Waals surface area (Å²) in [5, 5.41) is 22.6. The van der Waals surface area contributed by atoms with E-state index in [0.29, 0.717) is 29.8 Å². The van der Waals surface area contributed by atoms with Gasteiger partial charge in [-0.15, -0.1) is 0 Å². The van der Waals surface area contributed by atoms with Crippen molar-refractivity contribution in [3.63, 3.8) is 0 Å². The van der Waals surface area contributed by atoms with E-state index in [4.69, 9.17) is 4.74 Å². The topological polar surface area (TPSA) is 99.4 Å². The lowest BCUT2D eigenvalue weighted by Crippen LogP contribution is -2.57. The van der Waals surface area contributed by atoms with Crippen LogP contribution >= 0.6 is 0 Å². The van der Waals surface area contributed by atoms with E-state index in [1.165, 1.54) is 7.11 Å². The fourth-order valence-electron chi connectivity index (χ4n) is 5.21. The summed E-state index contributed by atoms with van der Waals surface area (Å²) in [4.78, 5) is 25.1. The molecular weight excluding hydrogens is 296 g/mol. The number of nitrogens with zero attached hydrogens (tertiary/aromatic N) is 1. The van der Waals surface area contributed by atoms with Gasteiger partial charge in [-0.05, 0) is 54.9 Å². The van der Waals surface area contributed by atoms with Crippen LogP contribution in [0.4, 0.5) is 5.69 Å². The van der Waals surface area contributed by atoms with Crippen LogP contribution in [0.2, 0.25) is 0 Å². The van der Waals surface area contributed by atoms with E-state index in [9.17, 15) is 20.0 Å².